The third-order valence-corrected chi connectivity index (χ3v) is 9.61. The maximum atomic E-state index is 13.1. The van der Waals surface area contributed by atoms with Crippen LogP contribution in [-0.2, 0) is 20.8 Å². The number of carbonyl (C=O) groups is 1. The van der Waals surface area contributed by atoms with Gasteiger partial charge in [0.2, 0.25) is 5.91 Å². The Morgan fingerprint density at radius 3 is 2.30 bits per heavy atom. The molecule has 0 spiro atoms. The van der Waals surface area contributed by atoms with E-state index in [-0.39, 0.29) is 41.7 Å². The van der Waals surface area contributed by atoms with E-state index in [0.717, 1.165) is 12.1 Å². The van der Waals surface area contributed by atoms with Gasteiger partial charge in [-0.1, -0.05) is 31.2 Å². The molecule has 1 saturated heterocycles. The molecule has 4 rings (SSSR count). The lowest BCUT2D eigenvalue weighted by Gasteiger charge is -2.28. The van der Waals surface area contributed by atoms with Crippen molar-refractivity contribution < 1.29 is 39.9 Å². The highest BCUT2D eigenvalue weighted by atomic mass is 32.2. The summed E-state index contributed by atoms with van der Waals surface area (Å²) in [5, 5.41) is 9.66. The first-order valence-electron chi connectivity index (χ1n) is 13.7. The van der Waals surface area contributed by atoms with Crippen molar-refractivity contribution in [3.05, 3.63) is 94.5 Å². The number of amides is 1. The highest BCUT2D eigenvalue weighted by Crippen LogP contribution is 2.40. The monoisotopic (exact) mass is 635 g/mol. The largest absolute Gasteiger partial charge is 0.416 e. The molecule has 0 radical (unpaired) electrons. The number of primary amides is 1. The molecule has 3 aromatic rings. The molecule has 0 unspecified atom stereocenters. The number of hydrogen-bond acceptors (Lipinski definition) is 6. The SMILES string of the molecule is CCS(=O)(=O)c1ccc([C@H](CC#N)c2cc(N3C[C@H](c4ccc(C(F)(F)F)cc4)C[C@H]3COC(F)F)ccc2C(N)=O)cc1. The van der Waals surface area contributed by atoms with Crippen LogP contribution >= 0.6 is 0 Å². The molecule has 0 saturated carbocycles. The highest BCUT2D eigenvalue weighted by molar-refractivity contribution is 7.91. The molecule has 1 aliphatic heterocycles. The lowest BCUT2D eigenvalue weighted by Crippen LogP contribution is -2.34. The molecule has 1 amide bonds. The minimum atomic E-state index is -4.50. The number of nitrogens with two attached hydrogens (primary N) is 1. The lowest BCUT2D eigenvalue weighted by molar-refractivity contribution is -0.137. The number of nitrogens with zero attached hydrogens (tertiary/aromatic N) is 2. The minimum Gasteiger partial charge on any atom is -0.366 e. The van der Waals surface area contributed by atoms with Crippen molar-refractivity contribution in [1.82, 2.24) is 0 Å². The number of anilines is 1. The molecule has 3 aromatic carbocycles. The standard InChI is InChI=1S/C31H30F5N3O4S/c1-2-44(41,42)25-10-5-20(6-11-25)26(13-14-37)28-16-23(9-12-27(28)29(38)40)39-17-21(15-24(39)18-43-30(32)33)19-3-7-22(8-4-19)31(34,35)36/h3-12,16,21,24,26,30H,2,13,15,17-18H2,1H3,(H2,38,40)/t21-,24+,26+/m1/s1. The second-order valence-corrected chi connectivity index (χ2v) is 12.8. The predicted molar refractivity (Wildman–Crippen MR) is 153 cm³/mol. The first-order valence-corrected chi connectivity index (χ1v) is 15.4. The second-order valence-electron chi connectivity index (χ2n) is 10.5. The third-order valence-electron chi connectivity index (χ3n) is 7.86. The van der Waals surface area contributed by atoms with Gasteiger partial charge in [-0.05, 0) is 65.6 Å². The van der Waals surface area contributed by atoms with Gasteiger partial charge in [0.25, 0.3) is 0 Å². The Labute approximate surface area is 252 Å². The van der Waals surface area contributed by atoms with Gasteiger partial charge in [-0.25, -0.2) is 8.42 Å². The number of benzene rings is 3. The van der Waals surface area contributed by atoms with Crippen molar-refractivity contribution >= 4 is 21.4 Å². The molecule has 0 aromatic heterocycles. The minimum absolute atomic E-state index is 0.0876. The quantitative estimate of drug-likeness (QED) is 0.250. The molecule has 1 aliphatic rings. The maximum absolute atomic E-state index is 13.1. The number of carbonyl (C=O) groups excluding carboxylic acids is 1. The van der Waals surface area contributed by atoms with E-state index in [1.165, 1.54) is 37.3 Å². The number of rotatable bonds is 11. The van der Waals surface area contributed by atoms with E-state index in [0.29, 0.717) is 28.8 Å². The molecular formula is C31H30F5N3O4S. The van der Waals surface area contributed by atoms with Crippen LogP contribution in [0.3, 0.4) is 0 Å². The summed E-state index contributed by atoms with van der Waals surface area (Å²) in [7, 11) is -3.48. The summed E-state index contributed by atoms with van der Waals surface area (Å²) in [5.74, 6) is -1.86. The summed E-state index contributed by atoms with van der Waals surface area (Å²) < 4.78 is 94.6. The Kier molecular flexibility index (Phi) is 9.95. The number of ether oxygens (including phenoxy) is 1. The number of alkyl halides is 5. The zero-order valence-corrected chi connectivity index (χ0v) is 24.4. The summed E-state index contributed by atoms with van der Waals surface area (Å²) in [6.45, 7) is -1.62. The number of nitriles is 1. The van der Waals surface area contributed by atoms with E-state index in [1.54, 1.807) is 29.2 Å². The summed E-state index contributed by atoms with van der Waals surface area (Å²) in [5.41, 5.74) is 7.05. The van der Waals surface area contributed by atoms with E-state index in [9.17, 15) is 40.4 Å². The van der Waals surface area contributed by atoms with Gasteiger partial charge in [-0.15, -0.1) is 0 Å². The van der Waals surface area contributed by atoms with Gasteiger partial charge >= 0.3 is 12.8 Å². The normalized spacial score (nSPS) is 17.9. The Morgan fingerprint density at radius 1 is 1.09 bits per heavy atom. The van der Waals surface area contributed by atoms with E-state index in [2.05, 4.69) is 10.8 Å². The fraction of sp³-hybridized carbons (Fsp3) is 0.355. The van der Waals surface area contributed by atoms with Gasteiger partial charge in [-0.2, -0.15) is 27.2 Å². The van der Waals surface area contributed by atoms with Crippen molar-refractivity contribution in [3.63, 3.8) is 0 Å². The van der Waals surface area contributed by atoms with Crippen molar-refractivity contribution in [2.45, 2.75) is 55.3 Å². The van der Waals surface area contributed by atoms with Crippen molar-refractivity contribution in [2.75, 3.05) is 23.8 Å². The molecule has 44 heavy (non-hydrogen) atoms. The Morgan fingerprint density at radius 2 is 1.75 bits per heavy atom. The molecule has 1 fully saturated rings. The van der Waals surface area contributed by atoms with Crippen LogP contribution in [0.5, 0.6) is 0 Å². The Balaban J connectivity index is 1.74. The Bertz CT molecular complexity index is 1620. The average Bonchev–Trinajstić information content (AvgIpc) is 3.42. The van der Waals surface area contributed by atoms with Crippen molar-refractivity contribution in [3.8, 4) is 6.07 Å². The smallest absolute Gasteiger partial charge is 0.366 e. The van der Waals surface area contributed by atoms with Crippen LogP contribution in [0.2, 0.25) is 0 Å². The summed E-state index contributed by atoms with van der Waals surface area (Å²) in [6, 6.07) is 16.9. The number of halogens is 5. The van der Waals surface area contributed by atoms with Crippen LogP contribution in [0.4, 0.5) is 27.6 Å². The molecule has 234 valence electrons. The number of hydrogen-bond donors (Lipinski definition) is 1. The van der Waals surface area contributed by atoms with Gasteiger partial charge in [-0.3, -0.25) is 4.79 Å². The molecule has 2 N–H and O–H groups in total. The van der Waals surface area contributed by atoms with Gasteiger partial charge in [0.05, 0.1) is 34.9 Å². The summed E-state index contributed by atoms with van der Waals surface area (Å²) in [6.07, 6.45) is -4.29. The lowest BCUT2D eigenvalue weighted by atomic mass is 9.85. The van der Waals surface area contributed by atoms with E-state index in [4.69, 9.17) is 5.73 Å². The van der Waals surface area contributed by atoms with E-state index >= 15 is 0 Å². The first-order chi connectivity index (χ1) is 20.7. The van der Waals surface area contributed by atoms with Gasteiger partial charge in [0, 0.05) is 36.1 Å². The first kappa shape index (κ1) is 32.9. The topological polar surface area (TPSA) is 113 Å². The second kappa shape index (κ2) is 13.3. The Hall–Kier alpha value is -4.02. The van der Waals surface area contributed by atoms with Crippen LogP contribution in [-0.4, -0.2) is 45.9 Å². The molecule has 13 heteroatoms. The van der Waals surface area contributed by atoms with Crippen LogP contribution in [0.15, 0.2) is 71.6 Å². The summed E-state index contributed by atoms with van der Waals surface area (Å²) >= 11 is 0. The molecule has 0 aliphatic carbocycles. The van der Waals surface area contributed by atoms with Gasteiger partial charge in [0.1, 0.15) is 0 Å². The average molecular weight is 636 g/mol. The zero-order valence-electron chi connectivity index (χ0n) is 23.6. The molecular weight excluding hydrogens is 605 g/mol. The maximum Gasteiger partial charge on any atom is 0.416 e. The zero-order chi connectivity index (χ0) is 32.2. The highest BCUT2D eigenvalue weighted by Gasteiger charge is 2.36. The van der Waals surface area contributed by atoms with Crippen LogP contribution in [0, 0.1) is 11.3 Å². The molecule has 1 heterocycles. The molecule has 7 nitrogen and oxygen atoms in total. The van der Waals surface area contributed by atoms with Crippen LogP contribution in [0.25, 0.3) is 0 Å². The summed E-state index contributed by atoms with van der Waals surface area (Å²) in [4.78, 5) is 14.4. The third kappa shape index (κ3) is 7.36. The fourth-order valence-corrected chi connectivity index (χ4v) is 6.46. The fourth-order valence-electron chi connectivity index (χ4n) is 5.57. The van der Waals surface area contributed by atoms with Crippen LogP contribution in [0.1, 0.15) is 64.2 Å². The van der Waals surface area contributed by atoms with Gasteiger partial charge in [0.15, 0.2) is 9.84 Å². The van der Waals surface area contributed by atoms with E-state index in [1.807, 2.05) is 0 Å². The molecule has 3 atom stereocenters. The van der Waals surface area contributed by atoms with Crippen molar-refractivity contribution in [1.29, 1.82) is 5.26 Å². The molecule has 0 bridgehead atoms. The predicted octanol–water partition coefficient (Wildman–Crippen LogP) is 6.25. The van der Waals surface area contributed by atoms with E-state index < -0.39 is 46.1 Å². The van der Waals surface area contributed by atoms with Crippen molar-refractivity contribution in [2.24, 2.45) is 5.73 Å². The van der Waals surface area contributed by atoms with Crippen LogP contribution < -0.4 is 10.6 Å². The number of sulfone groups is 1. The van der Waals surface area contributed by atoms with Gasteiger partial charge < -0.3 is 15.4 Å².